The van der Waals surface area contributed by atoms with Crippen LogP contribution < -0.4 is 39.3 Å². The second-order valence-electron chi connectivity index (χ2n) is 3.29. The van der Waals surface area contributed by atoms with Crippen LogP contribution in [-0.4, -0.2) is 38.8 Å². The first kappa shape index (κ1) is 15.5. The van der Waals surface area contributed by atoms with E-state index in [0.29, 0.717) is 11.0 Å². The number of nitrogens with zero attached hydrogens (tertiary/aromatic N) is 1. The van der Waals surface area contributed by atoms with Gasteiger partial charge in [-0.3, -0.25) is 0 Å². The number of phosphoric ester groups is 1. The van der Waals surface area contributed by atoms with Gasteiger partial charge in [-0.15, -0.1) is 0 Å². The second kappa shape index (κ2) is 5.73. The van der Waals surface area contributed by atoms with Crippen molar-refractivity contribution in [3.63, 3.8) is 0 Å². The summed E-state index contributed by atoms with van der Waals surface area (Å²) in [6.07, 6.45) is 0. The van der Waals surface area contributed by atoms with Crippen molar-refractivity contribution in [3.05, 3.63) is 0 Å². The molecule has 0 aromatic rings. The monoisotopic (exact) mass is 205 g/mol. The summed E-state index contributed by atoms with van der Waals surface area (Å²) in [5.74, 6) is 0. The van der Waals surface area contributed by atoms with E-state index in [2.05, 4.69) is 4.52 Å². The molecule has 0 aromatic heterocycles. The Labute approximate surface area is 94.8 Å². The van der Waals surface area contributed by atoms with Crippen molar-refractivity contribution < 1.29 is 52.9 Å². The van der Waals surface area contributed by atoms with Crippen LogP contribution >= 0.6 is 7.82 Å². The number of likely N-dealkylation sites (N-methyl/N-ethyl adjacent to an activating group) is 1. The Hall–Kier alpha value is 1.07. The van der Waals surface area contributed by atoms with Crippen molar-refractivity contribution in [3.8, 4) is 0 Å². The Balaban J connectivity index is 0. The summed E-state index contributed by atoms with van der Waals surface area (Å²) >= 11 is 0. The van der Waals surface area contributed by atoms with Gasteiger partial charge in [0.1, 0.15) is 13.2 Å². The van der Waals surface area contributed by atoms with E-state index in [1.54, 1.807) is 0 Å². The molecule has 7 heteroatoms. The number of hydrogen-bond acceptors (Lipinski definition) is 4. The molecule has 0 saturated heterocycles. The van der Waals surface area contributed by atoms with Crippen molar-refractivity contribution in [2.24, 2.45) is 0 Å². The molecular formula is C5H13NNaO4P. The standard InChI is InChI=1S/C5H14NO4P.Na/c1-6(2,3)4-5-10-11(7,8)9;/h4-5H2,1-3H3,(H-,7,8,9);/q;+1/p-1. The van der Waals surface area contributed by atoms with Gasteiger partial charge in [-0.2, -0.15) is 0 Å². The maximum absolute atomic E-state index is 9.96. The average molecular weight is 205 g/mol. The zero-order chi connectivity index (χ0) is 9.12. The average Bonchev–Trinajstić information content (AvgIpc) is 1.55. The zero-order valence-corrected chi connectivity index (χ0v) is 10.8. The molecule has 0 aliphatic carbocycles. The molecule has 12 heavy (non-hydrogen) atoms. The van der Waals surface area contributed by atoms with Crippen LogP contribution in [0.4, 0.5) is 0 Å². The minimum atomic E-state index is -4.76. The van der Waals surface area contributed by atoms with Crippen LogP contribution in [0, 0.1) is 0 Å². The summed E-state index contributed by atoms with van der Waals surface area (Å²) in [4.78, 5) is 19.9. The molecule has 5 nitrogen and oxygen atoms in total. The van der Waals surface area contributed by atoms with Gasteiger partial charge < -0.3 is 23.4 Å². The second-order valence-corrected chi connectivity index (χ2v) is 4.45. The van der Waals surface area contributed by atoms with Crippen molar-refractivity contribution in [1.29, 1.82) is 0 Å². The van der Waals surface area contributed by atoms with Gasteiger partial charge in [0.15, 0.2) is 0 Å². The topological polar surface area (TPSA) is 72.4 Å². The molecule has 68 valence electrons. The molecule has 0 aromatic carbocycles. The van der Waals surface area contributed by atoms with Crippen LogP contribution in [0.5, 0.6) is 0 Å². The van der Waals surface area contributed by atoms with Crippen LogP contribution in [-0.2, 0) is 9.09 Å². The predicted octanol–water partition coefficient (Wildman–Crippen LogP) is -4.46. The van der Waals surface area contributed by atoms with Crippen LogP contribution in [0.25, 0.3) is 0 Å². The molecule has 0 heterocycles. The summed E-state index contributed by atoms with van der Waals surface area (Å²) in [5.41, 5.74) is 0. The molecule has 0 atom stereocenters. The SMILES string of the molecule is C[N+](C)(C)CCOP(=O)([O-])[O-].[Na+]. The van der Waals surface area contributed by atoms with E-state index in [1.807, 2.05) is 21.1 Å². The maximum atomic E-state index is 9.96. The van der Waals surface area contributed by atoms with Crippen molar-refractivity contribution in [2.75, 3.05) is 34.3 Å². The molecule has 0 aliphatic heterocycles. The van der Waals surface area contributed by atoms with E-state index >= 15 is 0 Å². The fourth-order valence-corrected chi connectivity index (χ4v) is 0.732. The summed E-state index contributed by atoms with van der Waals surface area (Å²) in [6.45, 7) is 0.447. The summed E-state index contributed by atoms with van der Waals surface area (Å²) in [6, 6.07) is 0. The van der Waals surface area contributed by atoms with Gasteiger partial charge in [0.2, 0.25) is 0 Å². The van der Waals surface area contributed by atoms with Gasteiger partial charge in [-0.05, 0) is 0 Å². The third-order valence-electron chi connectivity index (χ3n) is 1.01. The van der Waals surface area contributed by atoms with E-state index < -0.39 is 7.82 Å². The Morgan fingerprint density at radius 3 is 2.00 bits per heavy atom. The molecule has 0 N–H and O–H groups in total. The molecule has 0 bridgehead atoms. The van der Waals surface area contributed by atoms with Gasteiger partial charge in [-0.1, -0.05) is 0 Å². The fourth-order valence-electron chi connectivity index (χ4n) is 0.426. The molecular weight excluding hydrogens is 192 g/mol. The number of quaternary nitrogens is 1. The van der Waals surface area contributed by atoms with E-state index in [9.17, 15) is 14.4 Å². The minimum absolute atomic E-state index is 0. The smallest absolute Gasteiger partial charge is 0.790 e. The van der Waals surface area contributed by atoms with Gasteiger partial charge >= 0.3 is 29.6 Å². The molecule has 0 aliphatic rings. The first-order valence-electron chi connectivity index (χ1n) is 3.18. The van der Waals surface area contributed by atoms with Crippen LogP contribution in [0.15, 0.2) is 0 Å². The first-order chi connectivity index (χ1) is 4.71. The summed E-state index contributed by atoms with van der Waals surface area (Å²) < 4.78 is 14.6. The van der Waals surface area contributed by atoms with Gasteiger partial charge in [0, 0.05) is 0 Å². The largest absolute Gasteiger partial charge is 1.00 e. The Morgan fingerprint density at radius 1 is 1.33 bits per heavy atom. The van der Waals surface area contributed by atoms with Gasteiger partial charge in [-0.25, -0.2) is 0 Å². The van der Waals surface area contributed by atoms with Crippen molar-refractivity contribution >= 4 is 7.82 Å². The normalized spacial score (nSPS) is 12.4. The van der Waals surface area contributed by atoms with Crippen LogP contribution in [0.3, 0.4) is 0 Å². The van der Waals surface area contributed by atoms with Crippen LogP contribution in [0.1, 0.15) is 0 Å². The number of hydrogen-bond donors (Lipinski definition) is 0. The molecule has 0 amide bonds. The Kier molecular flexibility index (Phi) is 7.42. The third-order valence-corrected chi connectivity index (χ3v) is 1.51. The number of rotatable bonds is 4. The zero-order valence-electron chi connectivity index (χ0n) is 7.94. The van der Waals surface area contributed by atoms with E-state index in [0.717, 1.165) is 0 Å². The summed E-state index contributed by atoms with van der Waals surface area (Å²) in [7, 11) is 0.875. The Bertz CT molecular complexity index is 163. The predicted molar refractivity (Wildman–Crippen MR) is 36.5 cm³/mol. The van der Waals surface area contributed by atoms with E-state index in [4.69, 9.17) is 0 Å². The number of phosphoric acid groups is 1. The quantitative estimate of drug-likeness (QED) is 0.263. The first-order valence-corrected chi connectivity index (χ1v) is 4.64. The molecule has 0 rings (SSSR count). The fraction of sp³-hybridized carbons (Fsp3) is 1.00. The molecule has 0 fully saturated rings. The molecule has 0 spiro atoms. The molecule has 0 radical (unpaired) electrons. The van der Waals surface area contributed by atoms with E-state index in [-0.39, 0.29) is 36.2 Å². The van der Waals surface area contributed by atoms with Gasteiger partial charge in [0.25, 0.3) is 0 Å². The van der Waals surface area contributed by atoms with E-state index in [1.165, 1.54) is 0 Å². The Morgan fingerprint density at radius 2 is 1.75 bits per heavy atom. The van der Waals surface area contributed by atoms with Crippen LogP contribution in [0.2, 0.25) is 0 Å². The summed E-state index contributed by atoms with van der Waals surface area (Å²) in [5, 5.41) is 0. The third kappa shape index (κ3) is 13.6. The van der Waals surface area contributed by atoms with Crippen molar-refractivity contribution in [1.82, 2.24) is 0 Å². The maximum Gasteiger partial charge on any atom is 1.00 e. The minimum Gasteiger partial charge on any atom is -0.790 e. The molecule has 0 unspecified atom stereocenters. The van der Waals surface area contributed by atoms with Gasteiger partial charge in [0.05, 0.1) is 29.0 Å². The molecule has 0 saturated carbocycles. The van der Waals surface area contributed by atoms with Crippen molar-refractivity contribution in [2.45, 2.75) is 0 Å².